The second-order valence-corrected chi connectivity index (χ2v) is 6.22. The third-order valence-electron chi connectivity index (χ3n) is 2.40. The van der Waals surface area contributed by atoms with Crippen LogP contribution >= 0.6 is 38.9 Å². The minimum absolute atomic E-state index is 0.235. The van der Waals surface area contributed by atoms with Crippen molar-refractivity contribution in [2.45, 2.75) is 6.92 Å². The van der Waals surface area contributed by atoms with Crippen molar-refractivity contribution in [3.8, 4) is 5.75 Å². The van der Waals surface area contributed by atoms with Gasteiger partial charge in [0.15, 0.2) is 6.61 Å². The SMILES string of the molecule is C/C(=N\OC(=O)COc1ccc(Cl)cc1Br)c1cccs1. The molecule has 0 saturated heterocycles. The highest BCUT2D eigenvalue weighted by molar-refractivity contribution is 9.10. The summed E-state index contributed by atoms with van der Waals surface area (Å²) in [6.45, 7) is 1.54. The largest absolute Gasteiger partial charge is 0.481 e. The zero-order chi connectivity index (χ0) is 15.2. The molecule has 1 heterocycles. The Morgan fingerprint density at radius 3 is 2.90 bits per heavy atom. The monoisotopic (exact) mass is 387 g/mol. The Hall–Kier alpha value is -1.37. The van der Waals surface area contributed by atoms with Crippen LogP contribution in [0.15, 0.2) is 45.3 Å². The van der Waals surface area contributed by atoms with E-state index in [4.69, 9.17) is 21.2 Å². The van der Waals surface area contributed by atoms with Gasteiger partial charge in [0.05, 0.1) is 15.1 Å². The van der Waals surface area contributed by atoms with Gasteiger partial charge in [0.25, 0.3) is 0 Å². The molecule has 0 bridgehead atoms. The molecule has 0 N–H and O–H groups in total. The number of rotatable bonds is 5. The van der Waals surface area contributed by atoms with Crippen LogP contribution in [0.2, 0.25) is 5.02 Å². The number of benzene rings is 1. The first-order valence-electron chi connectivity index (χ1n) is 5.92. The highest BCUT2D eigenvalue weighted by Gasteiger charge is 2.08. The molecular weight excluding hydrogens is 378 g/mol. The van der Waals surface area contributed by atoms with Gasteiger partial charge < -0.3 is 9.57 Å². The van der Waals surface area contributed by atoms with Gasteiger partial charge in [0.2, 0.25) is 0 Å². The zero-order valence-corrected chi connectivity index (χ0v) is 14.2. The number of halogens is 2. The number of nitrogens with zero attached hydrogens (tertiary/aromatic N) is 1. The maximum absolute atomic E-state index is 11.6. The molecule has 0 aliphatic heterocycles. The normalized spacial score (nSPS) is 11.3. The van der Waals surface area contributed by atoms with E-state index in [-0.39, 0.29) is 6.61 Å². The Bertz CT molecular complexity index is 658. The second kappa shape index (κ2) is 7.59. The number of thiophene rings is 1. The van der Waals surface area contributed by atoms with Crippen LogP contribution in [0.3, 0.4) is 0 Å². The van der Waals surface area contributed by atoms with Crippen LogP contribution in [0, 0.1) is 0 Å². The van der Waals surface area contributed by atoms with Gasteiger partial charge in [-0.2, -0.15) is 0 Å². The molecule has 2 aromatic rings. The number of hydrogen-bond acceptors (Lipinski definition) is 5. The lowest BCUT2D eigenvalue weighted by atomic mass is 10.3. The Labute approximate surface area is 139 Å². The third-order valence-corrected chi connectivity index (χ3v) is 4.24. The van der Waals surface area contributed by atoms with Gasteiger partial charge in [0.1, 0.15) is 5.75 Å². The first-order valence-corrected chi connectivity index (χ1v) is 7.97. The summed E-state index contributed by atoms with van der Waals surface area (Å²) in [5, 5.41) is 6.28. The minimum Gasteiger partial charge on any atom is -0.481 e. The molecule has 1 aromatic heterocycles. The van der Waals surface area contributed by atoms with E-state index in [0.29, 0.717) is 21.0 Å². The van der Waals surface area contributed by atoms with Gasteiger partial charge >= 0.3 is 5.97 Å². The van der Waals surface area contributed by atoms with Crippen LogP contribution in [0.1, 0.15) is 11.8 Å². The highest BCUT2D eigenvalue weighted by atomic mass is 79.9. The summed E-state index contributed by atoms with van der Waals surface area (Å²) >= 11 is 10.6. The van der Waals surface area contributed by atoms with Crippen LogP contribution < -0.4 is 4.74 Å². The van der Waals surface area contributed by atoms with Gasteiger partial charge in [-0.25, -0.2) is 4.79 Å². The standard InChI is InChI=1S/C14H11BrClNO3S/c1-9(13-3-2-6-21-13)17-20-14(18)8-19-12-5-4-10(16)7-11(12)15/h2-7H,8H2,1H3/b17-9+. The van der Waals surface area contributed by atoms with Crippen molar-refractivity contribution in [2.75, 3.05) is 6.61 Å². The van der Waals surface area contributed by atoms with Crippen molar-refractivity contribution in [1.29, 1.82) is 0 Å². The van der Waals surface area contributed by atoms with E-state index >= 15 is 0 Å². The molecule has 0 radical (unpaired) electrons. The minimum atomic E-state index is -0.576. The molecule has 0 unspecified atom stereocenters. The molecule has 0 saturated carbocycles. The molecule has 7 heteroatoms. The number of oxime groups is 1. The molecule has 1 aromatic carbocycles. The van der Waals surface area contributed by atoms with E-state index in [1.54, 1.807) is 25.1 Å². The Balaban J connectivity index is 1.86. The summed E-state index contributed by atoms with van der Waals surface area (Å²) in [6, 6.07) is 8.83. The molecule has 110 valence electrons. The zero-order valence-electron chi connectivity index (χ0n) is 11.0. The van der Waals surface area contributed by atoms with Gasteiger partial charge in [-0.05, 0) is 52.5 Å². The van der Waals surface area contributed by atoms with Crippen molar-refractivity contribution < 1.29 is 14.4 Å². The maximum atomic E-state index is 11.6. The lowest BCUT2D eigenvalue weighted by molar-refractivity contribution is -0.146. The number of carbonyl (C=O) groups is 1. The molecule has 2 rings (SSSR count). The average Bonchev–Trinajstić information content (AvgIpc) is 2.98. The summed E-state index contributed by atoms with van der Waals surface area (Å²) < 4.78 is 6.00. The highest BCUT2D eigenvalue weighted by Crippen LogP contribution is 2.27. The molecule has 0 atom stereocenters. The predicted molar refractivity (Wildman–Crippen MR) is 87.3 cm³/mol. The summed E-state index contributed by atoms with van der Waals surface area (Å²) in [7, 11) is 0. The fourth-order valence-corrected chi connectivity index (χ4v) is 2.87. The number of ether oxygens (including phenoxy) is 1. The maximum Gasteiger partial charge on any atom is 0.372 e. The fraction of sp³-hybridized carbons (Fsp3) is 0.143. The van der Waals surface area contributed by atoms with Crippen molar-refractivity contribution in [2.24, 2.45) is 5.16 Å². The molecule has 0 spiro atoms. The predicted octanol–water partition coefficient (Wildman–Crippen LogP) is 4.51. The Morgan fingerprint density at radius 1 is 1.43 bits per heavy atom. The van der Waals surface area contributed by atoms with Crippen LogP contribution in [-0.4, -0.2) is 18.3 Å². The van der Waals surface area contributed by atoms with Crippen molar-refractivity contribution >= 4 is 50.5 Å². The van der Waals surface area contributed by atoms with Gasteiger partial charge in [0, 0.05) is 5.02 Å². The summed E-state index contributed by atoms with van der Waals surface area (Å²) in [6.07, 6.45) is 0. The van der Waals surface area contributed by atoms with Crippen LogP contribution in [0.5, 0.6) is 5.75 Å². The summed E-state index contributed by atoms with van der Waals surface area (Å²) in [5.74, 6) is -0.0666. The smallest absolute Gasteiger partial charge is 0.372 e. The van der Waals surface area contributed by atoms with E-state index in [1.165, 1.54) is 11.3 Å². The average molecular weight is 389 g/mol. The second-order valence-electron chi connectivity index (χ2n) is 3.98. The lowest BCUT2D eigenvalue weighted by Gasteiger charge is -2.06. The van der Waals surface area contributed by atoms with Gasteiger partial charge in [-0.15, -0.1) is 11.3 Å². The fourth-order valence-electron chi connectivity index (χ4n) is 1.40. The third kappa shape index (κ3) is 4.84. The van der Waals surface area contributed by atoms with Crippen LogP contribution in [0.4, 0.5) is 0 Å². The van der Waals surface area contributed by atoms with E-state index < -0.39 is 5.97 Å². The van der Waals surface area contributed by atoms with E-state index in [1.807, 2.05) is 17.5 Å². The summed E-state index contributed by atoms with van der Waals surface area (Å²) in [5.41, 5.74) is 0.644. The number of hydrogen-bond donors (Lipinski definition) is 0. The first-order chi connectivity index (χ1) is 10.1. The molecule has 21 heavy (non-hydrogen) atoms. The Kier molecular flexibility index (Phi) is 5.78. The molecule has 0 aliphatic rings. The van der Waals surface area contributed by atoms with Crippen LogP contribution in [-0.2, 0) is 9.63 Å². The molecule has 0 aliphatic carbocycles. The van der Waals surface area contributed by atoms with Gasteiger partial charge in [-0.3, -0.25) is 0 Å². The van der Waals surface area contributed by atoms with Crippen molar-refractivity contribution in [1.82, 2.24) is 0 Å². The van der Waals surface area contributed by atoms with Crippen LogP contribution in [0.25, 0.3) is 0 Å². The van der Waals surface area contributed by atoms with Gasteiger partial charge in [-0.1, -0.05) is 22.8 Å². The Morgan fingerprint density at radius 2 is 2.24 bits per heavy atom. The molecule has 0 amide bonds. The van der Waals surface area contributed by atoms with E-state index in [2.05, 4.69) is 21.1 Å². The molecule has 4 nitrogen and oxygen atoms in total. The van der Waals surface area contributed by atoms with Crippen molar-refractivity contribution in [3.63, 3.8) is 0 Å². The summed E-state index contributed by atoms with van der Waals surface area (Å²) in [4.78, 5) is 17.3. The topological polar surface area (TPSA) is 47.9 Å². The lowest BCUT2D eigenvalue weighted by Crippen LogP contribution is -2.13. The van der Waals surface area contributed by atoms with E-state index in [9.17, 15) is 4.79 Å². The molecular formula is C14H11BrClNO3S. The first kappa shape index (κ1) is 16.0. The quantitative estimate of drug-likeness (QED) is 0.430. The van der Waals surface area contributed by atoms with E-state index in [0.717, 1.165) is 4.88 Å². The van der Waals surface area contributed by atoms with Crippen molar-refractivity contribution in [3.05, 3.63) is 50.1 Å². The number of carbonyl (C=O) groups excluding carboxylic acids is 1. The molecule has 0 fully saturated rings.